The van der Waals surface area contributed by atoms with Crippen LogP contribution in [-0.4, -0.2) is 25.7 Å². The Hall–Kier alpha value is -3.22. The molecule has 0 saturated heterocycles. The van der Waals surface area contributed by atoms with Crippen LogP contribution in [0.25, 0.3) is 16.5 Å². The number of aromatic nitrogens is 2. The molecule has 1 aromatic carbocycles. The van der Waals surface area contributed by atoms with Crippen molar-refractivity contribution >= 4 is 16.7 Å². The summed E-state index contributed by atoms with van der Waals surface area (Å²) in [6.45, 7) is 1.46. The first-order valence-corrected chi connectivity index (χ1v) is 6.64. The molecule has 23 heavy (non-hydrogen) atoms. The molecule has 2 aromatic heterocycles. The van der Waals surface area contributed by atoms with Crippen LogP contribution in [0.4, 0.5) is 4.39 Å². The van der Waals surface area contributed by atoms with E-state index in [1.807, 2.05) is 0 Å². The minimum Gasteiger partial charge on any atom is -0.493 e. The minimum atomic E-state index is -1.27. The van der Waals surface area contributed by atoms with Gasteiger partial charge >= 0.3 is 5.97 Å². The first kappa shape index (κ1) is 14.7. The van der Waals surface area contributed by atoms with E-state index in [1.54, 1.807) is 0 Å². The number of carboxylic acids is 1. The summed E-state index contributed by atoms with van der Waals surface area (Å²) in [5.41, 5.74) is -0.466. The Bertz CT molecular complexity index is 994. The molecule has 0 amide bonds. The number of hydrogen-bond acceptors (Lipinski definition) is 4. The minimum absolute atomic E-state index is 0.0444. The molecule has 0 aliphatic rings. The molecule has 0 fully saturated rings. The van der Waals surface area contributed by atoms with Crippen molar-refractivity contribution in [3.63, 3.8) is 0 Å². The smallest absolute Gasteiger partial charge is 0.338 e. The highest BCUT2D eigenvalue weighted by Gasteiger charge is 2.21. The van der Waals surface area contributed by atoms with E-state index in [1.165, 1.54) is 37.4 Å². The Kier molecular flexibility index (Phi) is 3.33. The fourth-order valence-corrected chi connectivity index (χ4v) is 2.61. The molecule has 0 unspecified atom stereocenters. The lowest BCUT2D eigenvalue weighted by molar-refractivity contribution is 0.0697. The van der Waals surface area contributed by atoms with Gasteiger partial charge in [0.05, 0.1) is 22.8 Å². The zero-order chi connectivity index (χ0) is 16.7. The van der Waals surface area contributed by atoms with E-state index < -0.39 is 17.3 Å². The van der Waals surface area contributed by atoms with E-state index in [4.69, 9.17) is 0 Å². The quantitative estimate of drug-likeness (QED) is 0.757. The van der Waals surface area contributed by atoms with Gasteiger partial charge in [0.15, 0.2) is 0 Å². The number of hydrogen-bond donors (Lipinski definition) is 2. The molecule has 0 bridgehead atoms. The summed E-state index contributed by atoms with van der Waals surface area (Å²) >= 11 is 0. The lowest BCUT2D eigenvalue weighted by Gasteiger charge is -2.15. The van der Waals surface area contributed by atoms with Crippen molar-refractivity contribution in [2.75, 3.05) is 0 Å². The fraction of sp³-hybridized carbons (Fsp3) is 0.0625. The van der Waals surface area contributed by atoms with E-state index in [2.05, 4.69) is 4.98 Å². The highest BCUT2D eigenvalue weighted by atomic mass is 19.1. The lowest BCUT2D eigenvalue weighted by Crippen LogP contribution is -2.25. The molecule has 0 saturated carbocycles. The molecule has 6 nitrogen and oxygen atoms in total. The molecule has 3 aromatic rings. The number of carboxylic acid groups (broad SMARTS) is 1. The van der Waals surface area contributed by atoms with Gasteiger partial charge in [-0.15, -0.1) is 0 Å². The second-order valence-electron chi connectivity index (χ2n) is 4.94. The molecule has 0 aliphatic carbocycles. The number of pyridine rings is 2. The van der Waals surface area contributed by atoms with Crippen molar-refractivity contribution in [2.45, 2.75) is 6.92 Å². The molecule has 7 heteroatoms. The summed E-state index contributed by atoms with van der Waals surface area (Å²) in [5, 5.41) is 18.5. The van der Waals surface area contributed by atoms with Crippen molar-refractivity contribution in [2.24, 2.45) is 0 Å². The Balaban J connectivity index is 2.53. The number of rotatable bonds is 2. The number of nitrogens with zero attached hydrogens (tertiary/aromatic N) is 2. The molecule has 0 radical (unpaired) electrons. The van der Waals surface area contributed by atoms with Gasteiger partial charge in [-0.1, -0.05) is 12.1 Å². The van der Waals surface area contributed by atoms with Crippen molar-refractivity contribution in [1.29, 1.82) is 0 Å². The average Bonchev–Trinajstić information content (AvgIpc) is 2.48. The van der Waals surface area contributed by atoms with Gasteiger partial charge < -0.3 is 10.2 Å². The number of fused-ring (bicyclic) bond motifs is 1. The molecular weight excluding hydrogens is 303 g/mol. The van der Waals surface area contributed by atoms with Crippen LogP contribution in [0.15, 0.2) is 41.3 Å². The predicted molar refractivity (Wildman–Crippen MR) is 80.7 cm³/mol. The van der Waals surface area contributed by atoms with E-state index in [9.17, 15) is 24.2 Å². The Morgan fingerprint density at radius 2 is 2.00 bits per heavy atom. The summed E-state index contributed by atoms with van der Waals surface area (Å²) in [5.74, 6) is -2.31. The van der Waals surface area contributed by atoms with Gasteiger partial charge in [-0.2, -0.15) is 0 Å². The third-order valence-corrected chi connectivity index (χ3v) is 3.60. The summed E-state index contributed by atoms with van der Waals surface area (Å²) in [7, 11) is 0. The van der Waals surface area contributed by atoms with E-state index in [-0.39, 0.29) is 33.6 Å². The van der Waals surface area contributed by atoms with Crippen LogP contribution in [0, 0.1) is 12.7 Å². The normalized spacial score (nSPS) is 10.9. The van der Waals surface area contributed by atoms with Crippen LogP contribution in [0.3, 0.4) is 0 Å². The standard InChI is InChI=1S/C16H11FN2O4/c1-8-13(16(22)23)10-3-2-4-11(17)14(10)15(21)19(8)9-5-6-12(20)18-7-9/h2-7H,1H3,(H,18,20)(H,22,23). The largest absolute Gasteiger partial charge is 0.493 e. The summed E-state index contributed by atoms with van der Waals surface area (Å²) in [4.78, 5) is 27.9. The molecule has 116 valence electrons. The zero-order valence-corrected chi connectivity index (χ0v) is 11.9. The highest BCUT2D eigenvalue weighted by Crippen LogP contribution is 2.23. The molecule has 2 heterocycles. The molecule has 3 rings (SSSR count). The maximum atomic E-state index is 14.1. The van der Waals surface area contributed by atoms with Gasteiger partial charge in [-0.3, -0.25) is 9.36 Å². The van der Waals surface area contributed by atoms with Crippen molar-refractivity contribution < 1.29 is 19.4 Å². The molecular formula is C16H11FN2O4. The third-order valence-electron chi connectivity index (χ3n) is 3.60. The Morgan fingerprint density at radius 1 is 1.26 bits per heavy atom. The zero-order valence-electron chi connectivity index (χ0n) is 11.9. The van der Waals surface area contributed by atoms with Gasteiger partial charge in [0.2, 0.25) is 5.88 Å². The van der Waals surface area contributed by atoms with E-state index in [0.29, 0.717) is 0 Å². The highest BCUT2D eigenvalue weighted by molar-refractivity contribution is 6.04. The van der Waals surface area contributed by atoms with Crippen molar-refractivity contribution in [1.82, 2.24) is 9.55 Å². The lowest BCUT2D eigenvalue weighted by atomic mass is 10.0. The first-order valence-electron chi connectivity index (χ1n) is 6.64. The topological polar surface area (TPSA) is 92.4 Å². The Morgan fingerprint density at radius 3 is 2.61 bits per heavy atom. The van der Waals surface area contributed by atoms with E-state index >= 15 is 0 Å². The first-order chi connectivity index (χ1) is 10.9. The SMILES string of the molecule is Cc1c(C(=O)O)c2cccc(F)c2c(=O)n1-c1ccc(O)nc1. The van der Waals surface area contributed by atoms with Crippen LogP contribution < -0.4 is 5.56 Å². The fourth-order valence-electron chi connectivity index (χ4n) is 2.61. The van der Waals surface area contributed by atoms with Gasteiger partial charge in [0.25, 0.3) is 5.56 Å². The molecule has 0 aliphatic heterocycles. The second kappa shape index (κ2) is 5.20. The van der Waals surface area contributed by atoms with Crippen LogP contribution in [0.2, 0.25) is 0 Å². The van der Waals surface area contributed by atoms with Gasteiger partial charge in [0.1, 0.15) is 5.82 Å². The maximum absolute atomic E-state index is 14.1. The third kappa shape index (κ3) is 2.22. The molecule has 0 atom stereocenters. The van der Waals surface area contributed by atoms with Crippen LogP contribution in [0.1, 0.15) is 16.1 Å². The summed E-state index contributed by atoms with van der Waals surface area (Å²) in [6.07, 6.45) is 1.21. The number of carbonyl (C=O) groups is 1. The second-order valence-corrected chi connectivity index (χ2v) is 4.94. The van der Waals surface area contributed by atoms with Crippen molar-refractivity contribution in [3.8, 4) is 11.6 Å². The molecule has 2 N–H and O–H groups in total. The predicted octanol–water partition coefficient (Wildman–Crippen LogP) is 2.24. The maximum Gasteiger partial charge on any atom is 0.338 e. The van der Waals surface area contributed by atoms with Gasteiger partial charge in [0, 0.05) is 17.1 Å². The van der Waals surface area contributed by atoms with E-state index in [0.717, 1.165) is 10.6 Å². The van der Waals surface area contributed by atoms with Crippen LogP contribution in [-0.2, 0) is 0 Å². The van der Waals surface area contributed by atoms with Crippen LogP contribution >= 0.6 is 0 Å². The summed E-state index contributed by atoms with van der Waals surface area (Å²) < 4.78 is 15.2. The summed E-state index contributed by atoms with van der Waals surface area (Å²) in [6, 6.07) is 6.51. The molecule has 0 spiro atoms. The van der Waals surface area contributed by atoms with Gasteiger partial charge in [-0.05, 0) is 19.1 Å². The number of aromatic carboxylic acids is 1. The number of halogens is 1. The van der Waals surface area contributed by atoms with Crippen LogP contribution in [0.5, 0.6) is 5.88 Å². The monoisotopic (exact) mass is 314 g/mol. The number of benzene rings is 1. The average molecular weight is 314 g/mol. The van der Waals surface area contributed by atoms with Crippen molar-refractivity contribution in [3.05, 3.63) is 64.0 Å². The van der Waals surface area contributed by atoms with Gasteiger partial charge in [-0.25, -0.2) is 14.2 Å². The number of aromatic hydroxyl groups is 1. The Labute approximate surface area is 129 Å².